The first-order chi connectivity index (χ1) is 12.4. The van der Waals surface area contributed by atoms with Crippen molar-refractivity contribution in [1.82, 2.24) is 10.6 Å². The third kappa shape index (κ3) is 5.31. The van der Waals surface area contributed by atoms with Crippen LogP contribution in [0.4, 0.5) is 4.39 Å². The van der Waals surface area contributed by atoms with Crippen molar-refractivity contribution < 1.29 is 18.7 Å². The summed E-state index contributed by atoms with van der Waals surface area (Å²) in [5.74, 6) is -0.384. The van der Waals surface area contributed by atoms with Crippen molar-refractivity contribution in [2.45, 2.75) is 26.4 Å². The molecule has 2 N–H and O–H groups in total. The maximum absolute atomic E-state index is 12.9. The fraction of sp³-hybridized carbons (Fsp3) is 0.300. The van der Waals surface area contributed by atoms with Gasteiger partial charge in [0.05, 0.1) is 7.11 Å². The summed E-state index contributed by atoms with van der Waals surface area (Å²) in [6.45, 7) is 3.98. The van der Waals surface area contributed by atoms with Gasteiger partial charge in [-0.1, -0.05) is 26.0 Å². The Morgan fingerprint density at radius 3 is 2.19 bits per heavy atom. The molecule has 1 atom stereocenters. The lowest BCUT2D eigenvalue weighted by atomic mass is 10.0. The number of hydrogen-bond acceptors (Lipinski definition) is 3. The Labute approximate surface area is 152 Å². The van der Waals surface area contributed by atoms with Crippen LogP contribution >= 0.6 is 0 Å². The number of amides is 2. The minimum atomic E-state index is -0.676. The topological polar surface area (TPSA) is 67.4 Å². The smallest absolute Gasteiger partial charge is 0.251 e. The lowest BCUT2D eigenvalue weighted by Gasteiger charge is -2.22. The van der Waals surface area contributed by atoms with E-state index in [0.29, 0.717) is 11.3 Å². The summed E-state index contributed by atoms with van der Waals surface area (Å²) >= 11 is 0. The quantitative estimate of drug-likeness (QED) is 0.800. The SMILES string of the molecule is COc1ccc(C(=O)NC(C(=O)NCc2ccc(F)cc2)C(C)C)cc1. The van der Waals surface area contributed by atoms with Crippen molar-refractivity contribution in [3.63, 3.8) is 0 Å². The zero-order chi connectivity index (χ0) is 19.1. The molecule has 0 spiro atoms. The predicted molar refractivity (Wildman–Crippen MR) is 97.3 cm³/mol. The second-order valence-corrected chi connectivity index (χ2v) is 6.27. The largest absolute Gasteiger partial charge is 0.497 e. The Hall–Kier alpha value is -2.89. The highest BCUT2D eigenvalue weighted by Gasteiger charge is 2.24. The van der Waals surface area contributed by atoms with Gasteiger partial charge in [0.1, 0.15) is 17.6 Å². The van der Waals surface area contributed by atoms with Gasteiger partial charge in [0.15, 0.2) is 0 Å². The summed E-state index contributed by atoms with van der Waals surface area (Å²) in [5.41, 5.74) is 1.23. The monoisotopic (exact) mass is 358 g/mol. The van der Waals surface area contributed by atoms with Crippen LogP contribution in [0.2, 0.25) is 0 Å². The van der Waals surface area contributed by atoms with Crippen LogP contribution < -0.4 is 15.4 Å². The first-order valence-electron chi connectivity index (χ1n) is 8.37. The highest BCUT2D eigenvalue weighted by atomic mass is 19.1. The zero-order valence-corrected chi connectivity index (χ0v) is 15.1. The minimum Gasteiger partial charge on any atom is -0.497 e. The van der Waals surface area contributed by atoms with E-state index in [0.717, 1.165) is 5.56 Å². The van der Waals surface area contributed by atoms with Gasteiger partial charge in [0.2, 0.25) is 5.91 Å². The molecule has 0 saturated carbocycles. The first kappa shape index (κ1) is 19.4. The molecule has 0 aliphatic rings. The number of benzene rings is 2. The molecule has 5 nitrogen and oxygen atoms in total. The third-order valence-corrected chi connectivity index (χ3v) is 3.97. The van der Waals surface area contributed by atoms with Gasteiger partial charge in [-0.2, -0.15) is 0 Å². The fourth-order valence-electron chi connectivity index (χ4n) is 2.40. The van der Waals surface area contributed by atoms with Crippen LogP contribution in [-0.4, -0.2) is 25.0 Å². The molecule has 138 valence electrons. The van der Waals surface area contributed by atoms with Crippen LogP contribution in [0.25, 0.3) is 0 Å². The molecule has 2 aromatic carbocycles. The molecule has 0 aliphatic heterocycles. The molecule has 0 aliphatic carbocycles. The van der Waals surface area contributed by atoms with Crippen LogP contribution in [-0.2, 0) is 11.3 Å². The van der Waals surface area contributed by atoms with E-state index >= 15 is 0 Å². The molecule has 0 bridgehead atoms. The molecule has 1 unspecified atom stereocenters. The maximum atomic E-state index is 12.9. The van der Waals surface area contributed by atoms with Crippen LogP contribution in [0.1, 0.15) is 29.8 Å². The minimum absolute atomic E-state index is 0.0922. The summed E-state index contributed by atoms with van der Waals surface area (Å²) < 4.78 is 18.0. The number of ether oxygens (including phenoxy) is 1. The van der Waals surface area contributed by atoms with Gasteiger partial charge < -0.3 is 15.4 Å². The molecular weight excluding hydrogens is 335 g/mol. The molecule has 26 heavy (non-hydrogen) atoms. The molecular formula is C20H23FN2O3. The van der Waals surface area contributed by atoms with Gasteiger partial charge in [0, 0.05) is 12.1 Å². The first-order valence-corrected chi connectivity index (χ1v) is 8.37. The number of carbonyl (C=O) groups is 2. The average Bonchev–Trinajstić information content (AvgIpc) is 2.65. The van der Waals surface area contributed by atoms with Gasteiger partial charge in [-0.05, 0) is 47.9 Å². The van der Waals surface area contributed by atoms with Crippen molar-refractivity contribution in [2.24, 2.45) is 5.92 Å². The summed E-state index contributed by atoms with van der Waals surface area (Å²) in [4.78, 5) is 24.9. The van der Waals surface area contributed by atoms with Crippen LogP contribution in [0.5, 0.6) is 5.75 Å². The number of methoxy groups -OCH3 is 1. The van der Waals surface area contributed by atoms with Crippen molar-refractivity contribution >= 4 is 11.8 Å². The van der Waals surface area contributed by atoms with Crippen molar-refractivity contribution in [2.75, 3.05) is 7.11 Å². The van der Waals surface area contributed by atoms with Crippen LogP contribution in [0.3, 0.4) is 0 Å². The van der Waals surface area contributed by atoms with Gasteiger partial charge in [-0.25, -0.2) is 4.39 Å². The number of hydrogen-bond donors (Lipinski definition) is 2. The lowest BCUT2D eigenvalue weighted by Crippen LogP contribution is -2.49. The molecule has 0 fully saturated rings. The number of rotatable bonds is 7. The van der Waals surface area contributed by atoms with E-state index in [9.17, 15) is 14.0 Å². The lowest BCUT2D eigenvalue weighted by molar-refractivity contribution is -0.124. The Balaban J connectivity index is 1.98. The van der Waals surface area contributed by atoms with E-state index in [1.165, 1.54) is 12.1 Å². The molecule has 6 heteroatoms. The van der Waals surface area contributed by atoms with Gasteiger partial charge in [0.25, 0.3) is 5.91 Å². The van der Waals surface area contributed by atoms with Crippen molar-refractivity contribution in [1.29, 1.82) is 0 Å². The summed E-state index contributed by atoms with van der Waals surface area (Å²) in [6, 6.07) is 11.9. The molecule has 2 amide bonds. The second kappa shape index (κ2) is 8.99. The van der Waals surface area contributed by atoms with E-state index < -0.39 is 6.04 Å². The Bertz CT molecular complexity index is 743. The van der Waals surface area contributed by atoms with Gasteiger partial charge in [-0.15, -0.1) is 0 Å². The molecule has 0 saturated heterocycles. The summed E-state index contributed by atoms with van der Waals surface area (Å²) in [7, 11) is 1.55. The summed E-state index contributed by atoms with van der Waals surface area (Å²) in [5, 5.41) is 5.54. The number of nitrogens with one attached hydrogen (secondary N) is 2. The third-order valence-electron chi connectivity index (χ3n) is 3.97. The second-order valence-electron chi connectivity index (χ2n) is 6.27. The van der Waals surface area contributed by atoms with E-state index in [1.54, 1.807) is 43.5 Å². The summed E-state index contributed by atoms with van der Waals surface area (Å²) in [6.07, 6.45) is 0. The number of halogens is 1. The zero-order valence-electron chi connectivity index (χ0n) is 15.1. The fourth-order valence-corrected chi connectivity index (χ4v) is 2.40. The molecule has 2 rings (SSSR count). The Morgan fingerprint density at radius 2 is 1.65 bits per heavy atom. The highest BCUT2D eigenvalue weighted by molar-refractivity contribution is 5.97. The Morgan fingerprint density at radius 1 is 1.04 bits per heavy atom. The van der Waals surface area contributed by atoms with Gasteiger partial charge >= 0.3 is 0 Å². The van der Waals surface area contributed by atoms with E-state index in [4.69, 9.17) is 4.74 Å². The van der Waals surface area contributed by atoms with Gasteiger partial charge in [-0.3, -0.25) is 9.59 Å². The predicted octanol–water partition coefficient (Wildman–Crippen LogP) is 2.91. The van der Waals surface area contributed by atoms with Crippen LogP contribution in [0.15, 0.2) is 48.5 Å². The highest BCUT2D eigenvalue weighted by Crippen LogP contribution is 2.12. The molecule has 0 heterocycles. The molecule has 0 aromatic heterocycles. The maximum Gasteiger partial charge on any atom is 0.251 e. The Kier molecular flexibility index (Phi) is 6.72. The molecule has 2 aromatic rings. The normalized spacial score (nSPS) is 11.7. The van der Waals surface area contributed by atoms with Crippen molar-refractivity contribution in [3.05, 3.63) is 65.5 Å². The number of carbonyl (C=O) groups excluding carboxylic acids is 2. The average molecular weight is 358 g/mol. The van der Waals surface area contributed by atoms with Crippen molar-refractivity contribution in [3.8, 4) is 5.75 Å². The van der Waals surface area contributed by atoms with E-state index in [2.05, 4.69) is 10.6 Å². The standard InChI is InChI=1S/C20H23FN2O3/c1-13(2)18(20(25)22-12-14-4-8-16(21)9-5-14)23-19(24)15-6-10-17(26-3)11-7-15/h4-11,13,18H,12H2,1-3H3,(H,22,25)(H,23,24). The van der Waals surface area contributed by atoms with E-state index in [-0.39, 0.29) is 30.1 Å². The van der Waals surface area contributed by atoms with Crippen LogP contribution in [0, 0.1) is 11.7 Å². The molecule has 0 radical (unpaired) electrons. The van der Waals surface area contributed by atoms with E-state index in [1.807, 2.05) is 13.8 Å².